The van der Waals surface area contributed by atoms with Crippen LogP contribution in [0.25, 0.3) is 0 Å². The van der Waals surface area contributed by atoms with Gasteiger partial charge in [-0.1, -0.05) is 73.9 Å². The Balaban J connectivity index is 0.000000352. The number of halogens is 8. The minimum absolute atomic E-state index is 0.0558. The molecule has 0 bridgehead atoms. The van der Waals surface area contributed by atoms with E-state index in [1.54, 1.807) is 66.3 Å². The van der Waals surface area contributed by atoms with Gasteiger partial charge >= 0.3 is 6.09 Å². The summed E-state index contributed by atoms with van der Waals surface area (Å²) in [5, 5.41) is 12.8. The number of anilines is 5. The van der Waals surface area contributed by atoms with Crippen LogP contribution in [0.15, 0.2) is 73.4 Å². The molecule has 120 heavy (non-hydrogen) atoms. The van der Waals surface area contributed by atoms with Gasteiger partial charge in [-0.25, -0.2) is 34.6 Å². The minimum atomic E-state index is -0.699. The third-order valence-electron chi connectivity index (χ3n) is 20.5. The number of aromatic nitrogens is 5. The summed E-state index contributed by atoms with van der Waals surface area (Å²) in [6.07, 6.45) is 9.28. The van der Waals surface area contributed by atoms with E-state index in [0.717, 1.165) is 153 Å². The zero-order valence-corrected chi connectivity index (χ0v) is 84.0. The predicted molar refractivity (Wildman–Crippen MR) is 511 cm³/mol. The maximum absolute atomic E-state index is 11.9. The number of imide groups is 1. The number of amides is 2. The van der Waals surface area contributed by atoms with Crippen molar-refractivity contribution in [2.45, 2.75) is 207 Å². The van der Waals surface area contributed by atoms with Crippen LogP contribution in [0.5, 0.6) is 0 Å². The summed E-state index contributed by atoms with van der Waals surface area (Å²) in [5.41, 5.74) is 16.5. The number of nitrogens with two attached hydrogens (primary N) is 3. The van der Waals surface area contributed by atoms with Crippen molar-refractivity contribution in [2.75, 3.05) is 191 Å². The number of hydrogen-bond acceptors (Lipinski definition) is 25. The Hall–Kier alpha value is -4.78. The van der Waals surface area contributed by atoms with Gasteiger partial charge in [0.1, 0.15) is 34.7 Å². The number of piperidine rings is 1. The van der Waals surface area contributed by atoms with E-state index in [1.165, 1.54) is 29.8 Å². The molecule has 7 aliphatic rings. The fourth-order valence-electron chi connectivity index (χ4n) is 13.9. The first-order valence-corrected chi connectivity index (χ1v) is 44.7. The van der Waals surface area contributed by atoms with Crippen LogP contribution in [-0.4, -0.2) is 293 Å². The van der Waals surface area contributed by atoms with E-state index in [4.69, 9.17) is 79.9 Å². The maximum atomic E-state index is 11.9. The Labute approximate surface area is 765 Å². The Morgan fingerprint density at radius 1 is 0.517 bits per heavy atom. The third kappa shape index (κ3) is 38.2. The molecule has 0 atom stereocenters. The van der Waals surface area contributed by atoms with Crippen LogP contribution in [-0.2, 0) is 19.1 Å². The van der Waals surface area contributed by atoms with Crippen molar-refractivity contribution in [3.05, 3.63) is 114 Å². The number of alkyl halides is 1. The van der Waals surface area contributed by atoms with Crippen molar-refractivity contribution in [2.24, 2.45) is 11.5 Å². The lowest BCUT2D eigenvalue weighted by atomic mass is 9.92. The molecule has 26 nitrogen and oxygen atoms in total. The molecule has 0 aliphatic carbocycles. The first-order valence-electron chi connectivity index (χ1n) is 40.9. The van der Waals surface area contributed by atoms with Crippen molar-refractivity contribution in [1.29, 1.82) is 0 Å². The van der Waals surface area contributed by atoms with E-state index in [2.05, 4.69) is 240 Å². The smallest absolute Gasteiger partial charge is 0.417 e. The van der Waals surface area contributed by atoms with Crippen molar-refractivity contribution in [1.82, 2.24) is 70.3 Å². The van der Waals surface area contributed by atoms with Gasteiger partial charge in [-0.3, -0.25) is 14.4 Å². The van der Waals surface area contributed by atoms with Crippen LogP contribution in [0, 0.1) is 16.4 Å². The number of nitrogen functional groups attached to an aromatic ring is 1. The van der Waals surface area contributed by atoms with Crippen molar-refractivity contribution in [3.63, 3.8) is 0 Å². The minimum Gasteiger partial charge on any atom is -0.443 e. The molecule has 12 heterocycles. The number of pyridine rings is 5. The average Bonchev–Trinajstić information content (AvgIpc) is 0.734. The molecule has 0 unspecified atom stereocenters. The zero-order valence-electron chi connectivity index (χ0n) is 76.5. The molecular weight excluding hydrogens is 1810 g/mol. The summed E-state index contributed by atoms with van der Waals surface area (Å²) >= 11 is 34.6. The van der Waals surface area contributed by atoms with E-state index >= 15 is 0 Å². The number of nitrogens with one attached hydrogen (secondary N) is 3. The van der Waals surface area contributed by atoms with E-state index < -0.39 is 23.2 Å². The number of Topliss-reactive ketones (excluding diaryl/α,β-unsaturated/α-hetero) is 2. The highest BCUT2D eigenvalue weighted by Crippen LogP contribution is 2.34. The lowest BCUT2D eigenvalue weighted by Gasteiger charge is -2.47. The predicted octanol–water partition coefficient (Wildman–Crippen LogP) is 14.2. The third-order valence-corrected chi connectivity index (χ3v) is 23.7. The zero-order chi connectivity index (χ0) is 91.5. The SMILES string of the molecule is CC(=O)C(C)(C)Br.CC(C)(C)OC(=O)N1CCNC(C)(C)C1=O.CC1(C)NCCCC1=O.CN1CCN(c2cc(I)c(Cl)cn2)C(C)(C)C1.CN1CCN(c2cc(N)c(Cl)cn2)C(C)(C)C1.CN1CCN(c2ccc(Cl)cn2)C(C)(C)C1.CN1CCNC(C)(C)C1.Cc1cc(N2CCN(C)CC2(C)C)ncc1Cl.Fc1ccc(Cl)cn1.NCCN. The molecular formula is C86H143BrCl5FIN21O5. The largest absolute Gasteiger partial charge is 0.443 e. The fourth-order valence-corrected chi connectivity index (χ4v) is 14.9. The Bertz CT molecular complexity index is 3780. The summed E-state index contributed by atoms with van der Waals surface area (Å²) in [4.78, 5) is 88.5. The molecule has 5 aromatic heterocycles. The fraction of sp³-hybridized carbons (Fsp3) is 0.663. The van der Waals surface area contributed by atoms with E-state index in [9.17, 15) is 23.6 Å². The second-order valence-electron chi connectivity index (χ2n) is 37.0. The van der Waals surface area contributed by atoms with Gasteiger partial charge in [-0.15, -0.1) is 0 Å². The molecule has 0 aromatic carbocycles. The number of ether oxygens (including phenoxy) is 1. The number of piperazine rings is 6. The molecule has 12 rings (SSSR count). The second-order valence-corrected chi connectivity index (χ2v) is 42.2. The summed E-state index contributed by atoms with van der Waals surface area (Å²) in [5.74, 6) is 3.73. The highest BCUT2D eigenvalue weighted by molar-refractivity contribution is 14.1. The number of rotatable bonds is 6. The number of ketones is 2. The molecule has 0 radical (unpaired) electrons. The number of hydrogen-bond donors (Lipinski definition) is 6. The van der Waals surface area contributed by atoms with Crippen LogP contribution >= 0.6 is 96.5 Å². The number of aryl methyl sites for hydroxylation is 1. The van der Waals surface area contributed by atoms with Gasteiger partial charge in [0, 0.05) is 199 Å². The topological polar surface area (TPSA) is 289 Å². The van der Waals surface area contributed by atoms with Gasteiger partial charge in [0.05, 0.1) is 46.2 Å². The number of carbonyl (C=O) groups excluding carboxylic acids is 4. The summed E-state index contributed by atoms with van der Waals surface area (Å²) in [6, 6.07) is 12.6. The van der Waals surface area contributed by atoms with Gasteiger partial charge < -0.3 is 82.0 Å². The normalized spacial score (nSPS) is 20.0. The standard InChI is InChI=1S/C13H20ClN3.C12H17ClIN3.C12H19ClN4.C12H18ClN3.C11H20N2O3.C7H16N2.C7H13NO.C5H9BrO.C5H3ClFN.C2H8N2/c1-10-7-12(15-8-11(10)14)17-6-5-16(4)9-13(17,2)3;2*1-12(2)8-16(3)4-5-17(12)11-6-10(14)9(13)7-15-11;1-12(2)9-15(3)6-7-16(12)11-5-4-10(13)8-14-11;1-10(2,3)16-9(15)13-7-6-12-11(4,5)8(13)14;1-7(2)6-9(3)5-4-8-7;1-7(2)6(9)4-3-5-8-7;1-4(7)5(2,3)6;6-4-1-2-5(7)8-3-4;3-1-2-4/h7-8H,5-6,9H2,1-4H3;6-7H,4-5,8H2,1-3H3;6-7H,4-5,8H2,1-3H3,(H2,14,15);4-5,8H,6-7,9H2,1-3H3;12H,6-7H2,1-5H3;8H,4-6H2,1-3H3;8H,3-5H2,1-2H3;1-3H3;1-3H;1-4H2. The highest BCUT2D eigenvalue weighted by Gasteiger charge is 2.41. The molecule has 0 spiro atoms. The molecule has 9 N–H and O–H groups in total. The number of likely N-dealkylation sites (N-methyl/N-ethyl adjacent to an activating group) is 5. The van der Waals surface area contributed by atoms with Crippen molar-refractivity contribution in [3.8, 4) is 0 Å². The quantitative estimate of drug-likeness (QED) is 0.0523. The molecule has 678 valence electrons. The molecule has 7 fully saturated rings. The first kappa shape index (κ1) is 109. The molecule has 0 saturated carbocycles. The van der Waals surface area contributed by atoms with E-state index in [1.807, 2.05) is 52.8 Å². The van der Waals surface area contributed by atoms with Gasteiger partial charge in [0.2, 0.25) is 5.95 Å². The van der Waals surface area contributed by atoms with E-state index in [0.29, 0.717) is 58.3 Å². The Morgan fingerprint density at radius 3 is 1.23 bits per heavy atom. The Morgan fingerprint density at radius 2 is 0.900 bits per heavy atom. The average molecular weight is 1950 g/mol. The van der Waals surface area contributed by atoms with Crippen LogP contribution in [0.3, 0.4) is 0 Å². The van der Waals surface area contributed by atoms with Gasteiger partial charge in [-0.2, -0.15) is 4.39 Å². The number of carbonyl (C=O) groups is 4. The summed E-state index contributed by atoms with van der Waals surface area (Å²) in [6.45, 7) is 61.4. The Kier molecular flexibility index (Phi) is 44.5. The van der Waals surface area contributed by atoms with Crippen LogP contribution in [0.4, 0.5) is 38.1 Å². The lowest BCUT2D eigenvalue weighted by Crippen LogP contribution is -2.63. The first-order chi connectivity index (χ1) is 55.2. The lowest BCUT2D eigenvalue weighted by molar-refractivity contribution is -0.138. The summed E-state index contributed by atoms with van der Waals surface area (Å²) in [7, 11) is 10.8. The molecule has 7 aliphatic heterocycles. The summed E-state index contributed by atoms with van der Waals surface area (Å²) < 4.78 is 17.8. The second kappa shape index (κ2) is 48.8. The van der Waals surface area contributed by atoms with Crippen LogP contribution < -0.4 is 52.8 Å². The molecule has 5 aromatic rings. The van der Waals surface area contributed by atoms with Crippen LogP contribution in [0.2, 0.25) is 25.1 Å². The monoisotopic (exact) mass is 1950 g/mol. The highest BCUT2D eigenvalue weighted by atomic mass is 127. The van der Waals surface area contributed by atoms with Gasteiger partial charge in [-0.05, 0) is 258 Å². The molecule has 7 saturated heterocycles. The van der Waals surface area contributed by atoms with Gasteiger partial charge in [0.15, 0.2) is 5.78 Å². The molecule has 2 amide bonds. The van der Waals surface area contributed by atoms with Crippen LogP contribution in [0.1, 0.15) is 157 Å². The van der Waals surface area contributed by atoms with Crippen molar-refractivity contribution < 1.29 is 28.3 Å². The molecule has 34 heteroatoms. The van der Waals surface area contributed by atoms with Crippen molar-refractivity contribution >= 4 is 149 Å². The van der Waals surface area contributed by atoms with E-state index in [-0.39, 0.29) is 43.7 Å². The van der Waals surface area contributed by atoms with Gasteiger partial charge in [0.25, 0.3) is 5.91 Å². The maximum Gasteiger partial charge on any atom is 0.417 e. The number of nitrogens with zero attached hydrogens (tertiary/aromatic N) is 15.